The first-order valence-corrected chi connectivity index (χ1v) is 7.95. The molecule has 1 aromatic heterocycles. The third kappa shape index (κ3) is 2.86. The van der Waals surface area contributed by atoms with Crippen LogP contribution in [-0.4, -0.2) is 15.0 Å². The van der Waals surface area contributed by atoms with Gasteiger partial charge in [-0.15, -0.1) is 0 Å². The molecule has 0 unspecified atom stereocenters. The number of aromatic nitrogens is 3. The Hall–Kier alpha value is -3.14. The molecule has 4 rings (SSSR count). The number of benzene rings is 3. The van der Waals surface area contributed by atoms with E-state index in [0.717, 1.165) is 11.1 Å². The first-order chi connectivity index (χ1) is 11.8. The summed E-state index contributed by atoms with van der Waals surface area (Å²) in [5.74, 6) is 0. The fourth-order valence-electron chi connectivity index (χ4n) is 2.90. The van der Waals surface area contributed by atoms with Crippen LogP contribution in [0.3, 0.4) is 0 Å². The summed E-state index contributed by atoms with van der Waals surface area (Å²) in [6.45, 7) is 0.504. The molecule has 0 fully saturated rings. The van der Waals surface area contributed by atoms with Crippen molar-refractivity contribution in [2.75, 3.05) is 0 Å². The zero-order valence-corrected chi connectivity index (χ0v) is 13.1. The molecule has 4 aromatic rings. The quantitative estimate of drug-likeness (QED) is 0.628. The van der Waals surface area contributed by atoms with Gasteiger partial charge < -0.3 is 0 Å². The van der Waals surface area contributed by atoms with Crippen LogP contribution in [0.15, 0.2) is 77.6 Å². The fraction of sp³-hybridized carbons (Fsp3) is 0.100. The average Bonchev–Trinajstić information content (AvgIpc) is 2.96. The molecule has 0 saturated heterocycles. The van der Waals surface area contributed by atoms with Crippen LogP contribution in [0.5, 0.6) is 0 Å². The lowest BCUT2D eigenvalue weighted by Crippen LogP contribution is -2.20. The molecule has 0 aliphatic rings. The van der Waals surface area contributed by atoms with Crippen molar-refractivity contribution in [2.45, 2.75) is 13.0 Å². The second-order valence-corrected chi connectivity index (χ2v) is 5.89. The monoisotopic (exact) mass is 315 g/mol. The van der Waals surface area contributed by atoms with Gasteiger partial charge in [0.05, 0.1) is 6.54 Å². The number of H-pyrrole nitrogens is 1. The fourth-order valence-corrected chi connectivity index (χ4v) is 2.90. The van der Waals surface area contributed by atoms with Crippen molar-refractivity contribution < 1.29 is 0 Å². The van der Waals surface area contributed by atoms with Gasteiger partial charge in [0.15, 0.2) is 0 Å². The van der Waals surface area contributed by atoms with E-state index in [9.17, 15) is 4.79 Å². The Balaban J connectivity index is 1.59. The molecule has 0 aliphatic heterocycles. The smallest absolute Gasteiger partial charge is 0.266 e. The highest BCUT2D eigenvalue weighted by Gasteiger charge is 2.09. The highest BCUT2D eigenvalue weighted by Crippen LogP contribution is 2.16. The van der Waals surface area contributed by atoms with E-state index in [4.69, 9.17) is 0 Å². The van der Waals surface area contributed by atoms with Crippen molar-refractivity contribution in [3.8, 4) is 0 Å². The maximum Gasteiger partial charge on any atom is 0.290 e. The zero-order chi connectivity index (χ0) is 16.4. The highest BCUT2D eigenvalue weighted by molar-refractivity contribution is 5.83. The molecule has 4 nitrogen and oxygen atoms in total. The summed E-state index contributed by atoms with van der Waals surface area (Å²) in [6, 6.07) is 24.3. The molecule has 118 valence electrons. The average molecular weight is 315 g/mol. The molecular weight excluding hydrogens is 298 g/mol. The largest absolute Gasteiger partial charge is 0.290 e. The van der Waals surface area contributed by atoms with Crippen LogP contribution in [0.4, 0.5) is 0 Å². The molecular formula is C20H17N3O. The Morgan fingerprint density at radius 1 is 0.833 bits per heavy atom. The van der Waals surface area contributed by atoms with Gasteiger partial charge in [-0.25, -0.2) is 9.90 Å². The number of fused-ring (bicyclic) bond motifs is 1. The predicted octanol–water partition coefficient (Wildman–Crippen LogP) is 3.36. The summed E-state index contributed by atoms with van der Waals surface area (Å²) in [6.07, 6.45) is 0.530. The van der Waals surface area contributed by atoms with Crippen molar-refractivity contribution in [1.29, 1.82) is 0 Å². The summed E-state index contributed by atoms with van der Waals surface area (Å²) < 4.78 is 1.55. The Morgan fingerprint density at radius 2 is 1.58 bits per heavy atom. The second kappa shape index (κ2) is 6.16. The maximum absolute atomic E-state index is 12.5. The van der Waals surface area contributed by atoms with Gasteiger partial charge in [0.2, 0.25) is 0 Å². The van der Waals surface area contributed by atoms with Gasteiger partial charge in [0, 0.05) is 6.42 Å². The molecule has 3 aromatic carbocycles. The van der Waals surface area contributed by atoms with Crippen molar-refractivity contribution in [3.63, 3.8) is 0 Å². The highest BCUT2D eigenvalue weighted by atomic mass is 16.1. The van der Waals surface area contributed by atoms with Gasteiger partial charge in [-0.2, -0.15) is 5.10 Å². The lowest BCUT2D eigenvalue weighted by Gasteiger charge is -2.01. The van der Waals surface area contributed by atoms with Crippen LogP contribution in [0.1, 0.15) is 16.8 Å². The molecule has 0 radical (unpaired) electrons. The van der Waals surface area contributed by atoms with Crippen LogP contribution in [0, 0.1) is 0 Å². The van der Waals surface area contributed by atoms with E-state index < -0.39 is 0 Å². The first kappa shape index (κ1) is 14.5. The predicted molar refractivity (Wildman–Crippen MR) is 95.1 cm³/mol. The summed E-state index contributed by atoms with van der Waals surface area (Å²) in [4.78, 5) is 12.5. The summed E-state index contributed by atoms with van der Waals surface area (Å²) in [5.41, 5.74) is 2.64. The van der Waals surface area contributed by atoms with Crippen LogP contribution < -0.4 is 5.56 Å². The summed E-state index contributed by atoms with van der Waals surface area (Å²) >= 11 is 0. The molecule has 0 spiro atoms. The van der Waals surface area contributed by atoms with Crippen LogP contribution in [0.25, 0.3) is 10.8 Å². The van der Waals surface area contributed by atoms with E-state index in [0.29, 0.717) is 18.7 Å². The topological polar surface area (TPSA) is 50.7 Å². The molecule has 0 bridgehead atoms. The van der Waals surface area contributed by atoms with E-state index in [1.54, 1.807) is 4.68 Å². The lowest BCUT2D eigenvalue weighted by atomic mass is 10.0. The molecule has 4 heteroatoms. The van der Waals surface area contributed by atoms with Gasteiger partial charge in [0.1, 0.15) is 5.69 Å². The van der Waals surface area contributed by atoms with E-state index in [1.165, 1.54) is 10.8 Å². The molecule has 0 atom stereocenters. The first-order valence-electron chi connectivity index (χ1n) is 7.95. The zero-order valence-electron chi connectivity index (χ0n) is 13.1. The van der Waals surface area contributed by atoms with E-state index in [-0.39, 0.29) is 5.56 Å². The van der Waals surface area contributed by atoms with Crippen molar-refractivity contribution in [2.24, 2.45) is 0 Å². The molecule has 1 N–H and O–H groups in total. The molecule has 0 saturated carbocycles. The van der Waals surface area contributed by atoms with Crippen LogP contribution >= 0.6 is 0 Å². The number of nitrogens with zero attached hydrogens (tertiary/aromatic N) is 2. The van der Waals surface area contributed by atoms with Crippen molar-refractivity contribution in [3.05, 3.63) is 100.0 Å². The molecule has 24 heavy (non-hydrogen) atoms. The summed E-state index contributed by atoms with van der Waals surface area (Å²) in [5, 5.41) is 9.42. The standard InChI is InChI=1S/C20H17N3O/c24-20-19(21-22-23(20)14-15-6-2-1-3-7-15)13-16-10-11-17-8-4-5-9-18(17)12-16/h1-12,22H,13-14H2. The Morgan fingerprint density at radius 3 is 2.42 bits per heavy atom. The number of nitrogens with one attached hydrogen (secondary N) is 1. The van der Waals surface area contributed by atoms with Gasteiger partial charge in [-0.3, -0.25) is 4.79 Å². The SMILES string of the molecule is O=c1c(Cc2ccc3ccccc3c2)n[nH]n1Cc1ccccc1. The Bertz CT molecular complexity index is 1030. The minimum absolute atomic E-state index is 0.0630. The van der Waals surface area contributed by atoms with Gasteiger partial charge >= 0.3 is 0 Å². The normalized spacial score (nSPS) is 11.0. The van der Waals surface area contributed by atoms with Gasteiger partial charge in [-0.1, -0.05) is 72.8 Å². The number of hydrogen-bond donors (Lipinski definition) is 1. The molecule has 0 amide bonds. The van der Waals surface area contributed by atoms with Crippen molar-refractivity contribution >= 4 is 10.8 Å². The van der Waals surface area contributed by atoms with Crippen LogP contribution in [0.2, 0.25) is 0 Å². The molecule has 0 aliphatic carbocycles. The van der Waals surface area contributed by atoms with Crippen LogP contribution in [-0.2, 0) is 13.0 Å². The number of aromatic amines is 1. The van der Waals surface area contributed by atoms with E-state index in [2.05, 4.69) is 40.6 Å². The summed E-state index contributed by atoms with van der Waals surface area (Å²) in [7, 11) is 0. The maximum atomic E-state index is 12.5. The third-order valence-electron chi connectivity index (χ3n) is 4.17. The van der Waals surface area contributed by atoms with Gasteiger partial charge in [-0.05, 0) is 21.9 Å². The van der Waals surface area contributed by atoms with E-state index in [1.807, 2.05) is 42.5 Å². The van der Waals surface area contributed by atoms with E-state index >= 15 is 0 Å². The lowest BCUT2D eigenvalue weighted by molar-refractivity contribution is 0.632. The number of hydrogen-bond acceptors (Lipinski definition) is 2. The van der Waals surface area contributed by atoms with Crippen molar-refractivity contribution in [1.82, 2.24) is 15.0 Å². The number of rotatable bonds is 4. The van der Waals surface area contributed by atoms with Gasteiger partial charge in [0.25, 0.3) is 5.56 Å². The third-order valence-corrected chi connectivity index (χ3v) is 4.17. The second-order valence-electron chi connectivity index (χ2n) is 5.89. The Labute approximate surface area is 139 Å². The minimum atomic E-state index is -0.0630. The minimum Gasteiger partial charge on any atom is -0.266 e. The Kier molecular flexibility index (Phi) is 3.71. The molecule has 1 heterocycles.